The standard InChI is InChI=1S/C37H35N2OP/c1-24-12-9-13-25(2)35(24)29-16-11-17-30(36-26(3)14-10-15-27(36)4)37(29)41-33(31-18-5-7-20-38-31)22-28(40)23-34(41)32-19-6-8-21-39-32/h5-21,33-34H,22-23H2,1-4H3. The molecular weight excluding hydrogens is 519 g/mol. The molecule has 0 aliphatic carbocycles. The lowest BCUT2D eigenvalue weighted by Gasteiger charge is -2.40. The van der Waals surface area contributed by atoms with Crippen LogP contribution in [0.2, 0.25) is 0 Å². The number of nitrogens with zero attached hydrogens (tertiary/aromatic N) is 2. The lowest BCUT2D eigenvalue weighted by atomic mass is 9.90. The molecule has 5 aromatic rings. The number of pyridine rings is 2. The molecule has 1 fully saturated rings. The van der Waals surface area contributed by atoms with Crippen LogP contribution in [0.15, 0.2) is 103 Å². The Balaban J connectivity index is 1.73. The van der Waals surface area contributed by atoms with Crippen LogP contribution in [-0.2, 0) is 4.79 Å². The van der Waals surface area contributed by atoms with Gasteiger partial charge in [-0.15, -0.1) is 0 Å². The first kappa shape index (κ1) is 27.2. The number of aromatic nitrogens is 2. The second-order valence-electron chi connectivity index (χ2n) is 11.1. The average molecular weight is 555 g/mol. The molecule has 3 aromatic carbocycles. The van der Waals surface area contributed by atoms with E-state index < -0.39 is 7.92 Å². The van der Waals surface area contributed by atoms with E-state index in [2.05, 4.69) is 107 Å². The van der Waals surface area contributed by atoms with Gasteiger partial charge >= 0.3 is 0 Å². The van der Waals surface area contributed by atoms with E-state index in [1.54, 1.807) is 0 Å². The normalized spacial score (nSPS) is 18.8. The van der Waals surface area contributed by atoms with Crippen molar-refractivity contribution in [3.05, 3.63) is 137 Å². The third kappa shape index (κ3) is 5.16. The molecule has 2 atom stereocenters. The minimum Gasteiger partial charge on any atom is -0.300 e. The molecule has 2 aromatic heterocycles. The summed E-state index contributed by atoms with van der Waals surface area (Å²) in [5.74, 6) is 0.285. The van der Waals surface area contributed by atoms with Crippen LogP contribution in [0.4, 0.5) is 0 Å². The van der Waals surface area contributed by atoms with Gasteiger partial charge in [0.25, 0.3) is 0 Å². The van der Waals surface area contributed by atoms with Gasteiger partial charge in [-0.3, -0.25) is 14.8 Å². The first-order chi connectivity index (χ1) is 19.9. The number of hydrogen-bond acceptors (Lipinski definition) is 3. The molecule has 4 heteroatoms. The quantitative estimate of drug-likeness (QED) is 0.204. The van der Waals surface area contributed by atoms with Crippen LogP contribution < -0.4 is 5.30 Å². The van der Waals surface area contributed by atoms with Gasteiger partial charge in [0.15, 0.2) is 0 Å². The largest absolute Gasteiger partial charge is 0.300 e. The van der Waals surface area contributed by atoms with Crippen LogP contribution in [-0.4, -0.2) is 15.8 Å². The van der Waals surface area contributed by atoms with Crippen molar-refractivity contribution in [1.29, 1.82) is 0 Å². The van der Waals surface area contributed by atoms with Crippen LogP contribution in [0.5, 0.6) is 0 Å². The van der Waals surface area contributed by atoms with Crippen LogP contribution >= 0.6 is 7.92 Å². The zero-order valence-corrected chi connectivity index (χ0v) is 25.0. The number of benzene rings is 3. The monoisotopic (exact) mass is 554 g/mol. The fourth-order valence-corrected chi connectivity index (χ4v) is 10.2. The first-order valence-electron chi connectivity index (χ1n) is 14.3. The van der Waals surface area contributed by atoms with Crippen LogP contribution in [0, 0.1) is 27.7 Å². The summed E-state index contributed by atoms with van der Waals surface area (Å²) in [5.41, 5.74) is 12.1. The highest BCUT2D eigenvalue weighted by Crippen LogP contribution is 2.67. The molecule has 6 rings (SSSR count). The summed E-state index contributed by atoms with van der Waals surface area (Å²) in [6.45, 7) is 8.84. The minimum absolute atomic E-state index is 0.00648. The number of Topliss-reactive ketones (excluding diaryl/α,β-unsaturated/α-hetero) is 1. The van der Waals surface area contributed by atoms with E-state index in [4.69, 9.17) is 9.97 Å². The Morgan fingerprint density at radius 2 is 0.976 bits per heavy atom. The SMILES string of the molecule is Cc1cccc(C)c1-c1cccc(-c2c(C)cccc2C)c1P1C(c2ccccn2)CC(=O)CC1c1ccccn1. The van der Waals surface area contributed by atoms with Crippen LogP contribution in [0.3, 0.4) is 0 Å². The Hall–Kier alpha value is -3.94. The lowest BCUT2D eigenvalue weighted by Crippen LogP contribution is -2.27. The molecule has 3 heterocycles. The third-order valence-corrected chi connectivity index (χ3v) is 11.6. The number of ketones is 1. The van der Waals surface area contributed by atoms with Crippen molar-refractivity contribution in [2.75, 3.05) is 0 Å². The van der Waals surface area contributed by atoms with E-state index in [9.17, 15) is 4.79 Å². The molecule has 0 radical (unpaired) electrons. The fraction of sp³-hybridized carbons (Fsp3) is 0.216. The van der Waals surface area contributed by atoms with Gasteiger partial charge in [-0.05, 0) is 102 Å². The van der Waals surface area contributed by atoms with E-state index in [0.29, 0.717) is 12.8 Å². The first-order valence-corrected chi connectivity index (χ1v) is 15.8. The van der Waals surface area contributed by atoms with Crippen molar-refractivity contribution in [3.8, 4) is 22.3 Å². The van der Waals surface area contributed by atoms with E-state index in [-0.39, 0.29) is 17.1 Å². The van der Waals surface area contributed by atoms with E-state index in [1.165, 1.54) is 49.8 Å². The number of aryl methyl sites for hydroxylation is 4. The highest BCUT2D eigenvalue weighted by atomic mass is 31.1. The summed E-state index contributed by atoms with van der Waals surface area (Å²) in [6, 6.07) is 32.2. The number of carbonyl (C=O) groups is 1. The van der Waals surface area contributed by atoms with E-state index in [0.717, 1.165) is 11.4 Å². The van der Waals surface area contributed by atoms with Gasteiger partial charge in [-0.25, -0.2) is 0 Å². The van der Waals surface area contributed by atoms with Crippen molar-refractivity contribution in [1.82, 2.24) is 9.97 Å². The molecule has 41 heavy (non-hydrogen) atoms. The van der Waals surface area contributed by atoms with E-state index in [1.807, 2.05) is 24.5 Å². The zero-order valence-electron chi connectivity index (χ0n) is 24.1. The molecule has 2 unspecified atom stereocenters. The molecule has 1 saturated heterocycles. The van der Waals surface area contributed by atoms with Gasteiger partial charge in [-0.1, -0.05) is 74.7 Å². The molecular formula is C37H35N2OP. The van der Waals surface area contributed by atoms with E-state index >= 15 is 0 Å². The fourth-order valence-electron chi connectivity index (χ4n) is 6.58. The van der Waals surface area contributed by atoms with Crippen molar-refractivity contribution in [3.63, 3.8) is 0 Å². The topological polar surface area (TPSA) is 42.9 Å². The highest BCUT2D eigenvalue weighted by Gasteiger charge is 2.43. The summed E-state index contributed by atoms with van der Waals surface area (Å²) in [5, 5.41) is 1.36. The maximum absolute atomic E-state index is 13.5. The molecule has 0 bridgehead atoms. The van der Waals surface area contributed by atoms with Gasteiger partial charge in [0, 0.05) is 47.9 Å². The average Bonchev–Trinajstić information content (AvgIpc) is 2.98. The van der Waals surface area contributed by atoms with Gasteiger partial charge in [-0.2, -0.15) is 0 Å². The van der Waals surface area contributed by atoms with Crippen molar-refractivity contribution >= 4 is 19.0 Å². The van der Waals surface area contributed by atoms with Gasteiger partial charge in [0.2, 0.25) is 0 Å². The molecule has 0 saturated carbocycles. The summed E-state index contributed by atoms with van der Waals surface area (Å²) in [7, 11) is -0.957. The summed E-state index contributed by atoms with van der Waals surface area (Å²) in [6.07, 6.45) is 4.72. The Morgan fingerprint density at radius 1 is 0.561 bits per heavy atom. The van der Waals surface area contributed by atoms with Crippen LogP contribution in [0.1, 0.15) is 57.8 Å². The predicted octanol–water partition coefficient (Wildman–Crippen LogP) is 9.00. The molecule has 1 aliphatic heterocycles. The smallest absolute Gasteiger partial charge is 0.134 e. The van der Waals surface area contributed by atoms with Gasteiger partial charge in [0.05, 0.1) is 0 Å². The molecule has 204 valence electrons. The molecule has 0 N–H and O–H groups in total. The number of carbonyl (C=O) groups excluding carboxylic acids is 1. The highest BCUT2D eigenvalue weighted by molar-refractivity contribution is 7.67. The Labute approximate surface area is 244 Å². The summed E-state index contributed by atoms with van der Waals surface area (Å²) >= 11 is 0. The number of rotatable bonds is 5. The molecule has 0 amide bonds. The summed E-state index contributed by atoms with van der Waals surface area (Å²) in [4.78, 5) is 23.2. The maximum atomic E-state index is 13.5. The number of hydrogen-bond donors (Lipinski definition) is 0. The maximum Gasteiger partial charge on any atom is 0.134 e. The predicted molar refractivity (Wildman–Crippen MR) is 171 cm³/mol. The molecule has 1 aliphatic rings. The minimum atomic E-state index is -0.957. The second kappa shape index (κ2) is 11.5. The zero-order chi connectivity index (χ0) is 28.5. The Morgan fingerprint density at radius 3 is 1.37 bits per heavy atom. The lowest BCUT2D eigenvalue weighted by molar-refractivity contribution is -0.119. The van der Waals surface area contributed by atoms with Crippen molar-refractivity contribution in [2.45, 2.75) is 51.9 Å². The Kier molecular flexibility index (Phi) is 7.65. The molecule has 3 nitrogen and oxygen atoms in total. The molecule has 0 spiro atoms. The Bertz CT molecular complexity index is 1550. The van der Waals surface area contributed by atoms with Gasteiger partial charge in [0.1, 0.15) is 5.78 Å². The van der Waals surface area contributed by atoms with Crippen molar-refractivity contribution < 1.29 is 4.79 Å². The van der Waals surface area contributed by atoms with Crippen molar-refractivity contribution in [2.24, 2.45) is 0 Å². The second-order valence-corrected chi connectivity index (χ2v) is 13.6. The van der Waals surface area contributed by atoms with Crippen LogP contribution in [0.25, 0.3) is 22.3 Å². The third-order valence-electron chi connectivity index (χ3n) is 8.37. The summed E-state index contributed by atoms with van der Waals surface area (Å²) < 4.78 is 0. The van der Waals surface area contributed by atoms with Gasteiger partial charge < -0.3 is 0 Å².